The van der Waals surface area contributed by atoms with E-state index in [2.05, 4.69) is 0 Å². The van der Waals surface area contributed by atoms with Gasteiger partial charge in [-0.05, 0) is 20.3 Å². The van der Waals surface area contributed by atoms with Gasteiger partial charge in [-0.3, -0.25) is 4.79 Å². The van der Waals surface area contributed by atoms with Crippen molar-refractivity contribution in [2.24, 2.45) is 0 Å². The molecular formula is C12H29NO. The first-order valence-corrected chi connectivity index (χ1v) is 6.04. The molecule has 0 heterocycles. The predicted octanol–water partition coefficient (Wildman–Crippen LogP) is 3.71. The van der Waals surface area contributed by atoms with Crippen LogP contribution in [0.3, 0.4) is 0 Å². The third kappa shape index (κ3) is 11.5. The molecule has 0 aliphatic rings. The Morgan fingerprint density at radius 3 is 1.50 bits per heavy atom. The van der Waals surface area contributed by atoms with Gasteiger partial charge in [0.15, 0.2) is 0 Å². The second-order valence-corrected chi connectivity index (χ2v) is 2.32. The normalized spacial score (nSPS) is 7.64. The van der Waals surface area contributed by atoms with Gasteiger partial charge < -0.3 is 4.90 Å². The minimum atomic E-state index is 0.285. The fourth-order valence-corrected chi connectivity index (χ4v) is 0.948. The van der Waals surface area contributed by atoms with E-state index in [-0.39, 0.29) is 5.91 Å². The molecule has 0 N–H and O–H groups in total. The Morgan fingerprint density at radius 1 is 0.929 bits per heavy atom. The lowest BCUT2D eigenvalue weighted by Gasteiger charge is -2.17. The monoisotopic (exact) mass is 203 g/mol. The fourth-order valence-electron chi connectivity index (χ4n) is 0.948. The maximum atomic E-state index is 11.1. The molecule has 0 fully saturated rings. The molecule has 0 aromatic carbocycles. The Labute approximate surface area is 90.7 Å². The molecule has 88 valence electrons. The average Bonchev–Trinajstić information content (AvgIpc) is 2.26. The van der Waals surface area contributed by atoms with E-state index in [0.29, 0.717) is 6.42 Å². The molecule has 0 saturated heterocycles. The molecule has 0 bridgehead atoms. The Morgan fingerprint density at radius 2 is 1.29 bits per heavy atom. The molecule has 0 aromatic heterocycles. The highest BCUT2D eigenvalue weighted by Crippen LogP contribution is 1.95. The lowest BCUT2D eigenvalue weighted by atomic mass is 10.3. The third-order valence-corrected chi connectivity index (χ3v) is 1.58. The fraction of sp³-hybridized carbons (Fsp3) is 0.917. The highest BCUT2D eigenvalue weighted by atomic mass is 16.2. The predicted molar refractivity (Wildman–Crippen MR) is 65.5 cm³/mol. The summed E-state index contributed by atoms with van der Waals surface area (Å²) in [6.45, 7) is 15.7. The van der Waals surface area contributed by atoms with E-state index in [1.165, 1.54) is 0 Å². The van der Waals surface area contributed by atoms with Gasteiger partial charge >= 0.3 is 0 Å². The number of carbonyl (C=O) groups is 1. The molecule has 0 spiro atoms. The van der Waals surface area contributed by atoms with E-state index in [1.54, 1.807) is 0 Å². The highest BCUT2D eigenvalue weighted by molar-refractivity contribution is 5.75. The van der Waals surface area contributed by atoms with Crippen LogP contribution in [0.4, 0.5) is 0 Å². The molecule has 0 atom stereocenters. The molecule has 0 aromatic rings. The first-order chi connectivity index (χ1) is 6.76. The van der Waals surface area contributed by atoms with Gasteiger partial charge in [0, 0.05) is 19.5 Å². The number of hydrogen-bond donors (Lipinski definition) is 0. The summed E-state index contributed by atoms with van der Waals surface area (Å²) in [6.07, 6.45) is 1.65. The van der Waals surface area contributed by atoms with Crippen LogP contribution in [0, 0.1) is 0 Å². The number of rotatable bonds is 4. The zero-order chi connectivity index (χ0) is 12.0. The smallest absolute Gasteiger partial charge is 0.222 e. The molecule has 0 radical (unpaired) electrons. The van der Waals surface area contributed by atoms with Crippen LogP contribution in [0.15, 0.2) is 0 Å². The van der Waals surface area contributed by atoms with Crippen LogP contribution in [0.1, 0.15) is 61.3 Å². The van der Waals surface area contributed by atoms with Crippen molar-refractivity contribution in [2.45, 2.75) is 61.3 Å². The van der Waals surface area contributed by atoms with Gasteiger partial charge in [-0.15, -0.1) is 0 Å². The van der Waals surface area contributed by atoms with Crippen LogP contribution >= 0.6 is 0 Å². The van der Waals surface area contributed by atoms with Crippen molar-refractivity contribution in [3.8, 4) is 0 Å². The van der Waals surface area contributed by atoms with E-state index in [0.717, 1.165) is 19.5 Å². The van der Waals surface area contributed by atoms with E-state index in [1.807, 2.05) is 53.4 Å². The second kappa shape index (κ2) is 18.3. The number of amides is 1. The van der Waals surface area contributed by atoms with Crippen LogP contribution < -0.4 is 0 Å². The van der Waals surface area contributed by atoms with Gasteiger partial charge in [0.05, 0.1) is 0 Å². The molecule has 0 aliphatic carbocycles. The van der Waals surface area contributed by atoms with Crippen molar-refractivity contribution in [1.29, 1.82) is 0 Å². The second-order valence-electron chi connectivity index (χ2n) is 2.32. The molecule has 0 aliphatic heterocycles. The lowest BCUT2D eigenvalue weighted by molar-refractivity contribution is -0.130. The summed E-state index contributed by atoms with van der Waals surface area (Å²) in [5.41, 5.74) is 0. The molecule has 2 nitrogen and oxygen atoms in total. The van der Waals surface area contributed by atoms with Crippen molar-refractivity contribution in [3.05, 3.63) is 0 Å². The number of hydrogen-bond acceptors (Lipinski definition) is 1. The standard InChI is InChI=1S/C8H17NO.2C2H6/c1-4-7-8(10)9(5-2)6-3;2*1-2/h4-7H2,1-3H3;2*1-2H3. The lowest BCUT2D eigenvalue weighted by Crippen LogP contribution is -2.29. The van der Waals surface area contributed by atoms with Crippen molar-refractivity contribution < 1.29 is 4.79 Å². The Hall–Kier alpha value is -0.530. The quantitative estimate of drug-likeness (QED) is 0.682. The zero-order valence-electron chi connectivity index (χ0n) is 11.2. The SMILES string of the molecule is CC.CC.CCCC(=O)N(CC)CC. The molecule has 2 heteroatoms. The molecular weight excluding hydrogens is 174 g/mol. The van der Waals surface area contributed by atoms with E-state index >= 15 is 0 Å². The van der Waals surface area contributed by atoms with Crippen molar-refractivity contribution in [1.82, 2.24) is 4.90 Å². The first-order valence-electron chi connectivity index (χ1n) is 6.04. The summed E-state index contributed by atoms with van der Waals surface area (Å²) in [6, 6.07) is 0. The van der Waals surface area contributed by atoms with Crippen LogP contribution in [-0.2, 0) is 4.79 Å². The van der Waals surface area contributed by atoms with E-state index < -0.39 is 0 Å². The van der Waals surface area contributed by atoms with Gasteiger partial charge in [0.1, 0.15) is 0 Å². The molecule has 1 amide bonds. The van der Waals surface area contributed by atoms with Gasteiger partial charge in [-0.1, -0.05) is 34.6 Å². The molecule has 0 unspecified atom stereocenters. The van der Waals surface area contributed by atoms with Crippen molar-refractivity contribution >= 4 is 5.91 Å². The molecule has 14 heavy (non-hydrogen) atoms. The average molecular weight is 203 g/mol. The van der Waals surface area contributed by atoms with Crippen LogP contribution in [0.5, 0.6) is 0 Å². The topological polar surface area (TPSA) is 20.3 Å². The minimum absolute atomic E-state index is 0.285. The molecule has 0 rings (SSSR count). The summed E-state index contributed by atoms with van der Waals surface area (Å²) in [7, 11) is 0. The summed E-state index contributed by atoms with van der Waals surface area (Å²) in [5.74, 6) is 0.285. The first kappa shape index (κ1) is 19.1. The van der Waals surface area contributed by atoms with Gasteiger partial charge in [-0.2, -0.15) is 0 Å². The largest absolute Gasteiger partial charge is 0.343 e. The third-order valence-electron chi connectivity index (χ3n) is 1.58. The zero-order valence-corrected chi connectivity index (χ0v) is 11.2. The summed E-state index contributed by atoms with van der Waals surface area (Å²) >= 11 is 0. The van der Waals surface area contributed by atoms with Gasteiger partial charge in [-0.25, -0.2) is 0 Å². The van der Waals surface area contributed by atoms with E-state index in [4.69, 9.17) is 0 Å². The summed E-state index contributed by atoms with van der Waals surface area (Å²) in [5, 5.41) is 0. The number of carbonyl (C=O) groups excluding carboxylic acids is 1. The van der Waals surface area contributed by atoms with Gasteiger partial charge in [0.2, 0.25) is 5.91 Å². The Balaban J connectivity index is -0.000000266. The van der Waals surface area contributed by atoms with E-state index in [9.17, 15) is 4.79 Å². The maximum Gasteiger partial charge on any atom is 0.222 e. The summed E-state index contributed by atoms with van der Waals surface area (Å²) in [4.78, 5) is 13.0. The maximum absolute atomic E-state index is 11.1. The highest BCUT2D eigenvalue weighted by Gasteiger charge is 2.05. The minimum Gasteiger partial charge on any atom is -0.343 e. The van der Waals surface area contributed by atoms with Gasteiger partial charge in [0.25, 0.3) is 0 Å². The van der Waals surface area contributed by atoms with Crippen molar-refractivity contribution in [3.63, 3.8) is 0 Å². The van der Waals surface area contributed by atoms with Crippen molar-refractivity contribution in [2.75, 3.05) is 13.1 Å². The van der Waals surface area contributed by atoms with Crippen LogP contribution in [0.2, 0.25) is 0 Å². The van der Waals surface area contributed by atoms with Crippen LogP contribution in [-0.4, -0.2) is 23.9 Å². The Kier molecular flexibility index (Phi) is 25.0. The molecule has 0 saturated carbocycles. The Bertz CT molecular complexity index is 98.5. The van der Waals surface area contributed by atoms with Crippen LogP contribution in [0.25, 0.3) is 0 Å². The number of nitrogens with zero attached hydrogens (tertiary/aromatic N) is 1. The summed E-state index contributed by atoms with van der Waals surface area (Å²) < 4.78 is 0.